The van der Waals surface area contributed by atoms with Crippen LogP contribution in [-0.4, -0.2) is 53.6 Å². The van der Waals surface area contributed by atoms with Crippen molar-refractivity contribution in [3.63, 3.8) is 0 Å². The highest BCUT2D eigenvalue weighted by Gasteiger charge is 2.28. The Bertz CT molecular complexity index is 768. The number of nitrogens with zero attached hydrogens (tertiary/aromatic N) is 3. The van der Waals surface area contributed by atoms with Crippen LogP contribution in [0.1, 0.15) is 17.4 Å². The summed E-state index contributed by atoms with van der Waals surface area (Å²) in [6, 6.07) is 5.46. The minimum Gasteiger partial charge on any atom is -0.496 e. The molecular weight excluding hydrogens is 389 g/mol. The van der Waals surface area contributed by atoms with Gasteiger partial charge in [0.15, 0.2) is 0 Å². The summed E-state index contributed by atoms with van der Waals surface area (Å²) in [6.45, 7) is 3.13. The summed E-state index contributed by atoms with van der Waals surface area (Å²) in [5.74, 6) is 1.64. The number of methoxy groups -OCH3 is 1. The highest BCUT2D eigenvalue weighted by atomic mass is 35.5. The van der Waals surface area contributed by atoms with Crippen LogP contribution in [0, 0.1) is 0 Å². The third-order valence-electron chi connectivity index (χ3n) is 4.58. The molecule has 2 aromatic rings. The number of ether oxygens (including phenoxy) is 1. The van der Waals surface area contributed by atoms with E-state index in [0.29, 0.717) is 23.9 Å². The molecule has 0 spiro atoms. The molecule has 0 radical (unpaired) electrons. The van der Waals surface area contributed by atoms with Crippen LogP contribution < -0.4 is 15.4 Å². The maximum absolute atomic E-state index is 12.5. The van der Waals surface area contributed by atoms with Crippen LogP contribution in [0.3, 0.4) is 0 Å². The summed E-state index contributed by atoms with van der Waals surface area (Å²) in [5, 5.41) is 6.95. The Kier molecular flexibility index (Phi) is 7.91. The second-order valence-electron chi connectivity index (χ2n) is 6.32. The number of hydrogen-bond donors (Lipinski definition) is 2. The SMILES string of the molecule is COc1ccc(Cl)cc1CNC(=O)CN1CCNCC1c1nccn1C.Cl. The lowest BCUT2D eigenvalue weighted by molar-refractivity contribution is -0.123. The first kappa shape index (κ1) is 21.5. The Morgan fingerprint density at radius 3 is 3.00 bits per heavy atom. The predicted octanol–water partition coefficient (Wildman–Crippen LogP) is 1.77. The normalized spacial score (nSPS) is 17.2. The molecule has 0 aliphatic carbocycles. The Labute approximate surface area is 170 Å². The minimum atomic E-state index is -0.0341. The fraction of sp³-hybridized carbons (Fsp3) is 0.444. The molecule has 1 atom stereocenters. The van der Waals surface area contributed by atoms with Crippen LogP contribution in [-0.2, 0) is 18.4 Å². The first-order chi connectivity index (χ1) is 12.6. The number of carbonyl (C=O) groups is 1. The van der Waals surface area contributed by atoms with Gasteiger partial charge in [0, 0.05) is 56.2 Å². The van der Waals surface area contributed by atoms with Gasteiger partial charge < -0.3 is 19.9 Å². The standard InChI is InChI=1S/C18H24ClN5O2.ClH/c1-23-7-6-21-18(23)15-11-20-5-8-24(15)12-17(25)22-10-13-9-14(19)3-4-16(13)26-2;/h3-4,6-7,9,15,20H,5,8,10-12H2,1-2H3,(H,22,25);1H. The lowest BCUT2D eigenvalue weighted by Gasteiger charge is -2.35. The number of piperazine rings is 1. The summed E-state index contributed by atoms with van der Waals surface area (Å²) in [4.78, 5) is 19.1. The molecule has 1 amide bonds. The van der Waals surface area contributed by atoms with Crippen LogP contribution in [0.2, 0.25) is 5.02 Å². The molecule has 2 heterocycles. The molecule has 0 bridgehead atoms. The average Bonchev–Trinajstić information content (AvgIpc) is 3.06. The molecule has 1 aliphatic rings. The van der Waals surface area contributed by atoms with Gasteiger partial charge in [-0.2, -0.15) is 0 Å². The largest absolute Gasteiger partial charge is 0.496 e. The van der Waals surface area contributed by atoms with Crippen LogP contribution in [0.15, 0.2) is 30.6 Å². The van der Waals surface area contributed by atoms with Crippen molar-refractivity contribution >= 4 is 29.9 Å². The molecule has 1 aliphatic heterocycles. The van der Waals surface area contributed by atoms with Gasteiger partial charge in [-0.15, -0.1) is 12.4 Å². The van der Waals surface area contributed by atoms with Crippen molar-refractivity contribution in [1.82, 2.24) is 25.1 Å². The van der Waals surface area contributed by atoms with Crippen molar-refractivity contribution in [3.05, 3.63) is 47.0 Å². The van der Waals surface area contributed by atoms with Gasteiger partial charge >= 0.3 is 0 Å². The van der Waals surface area contributed by atoms with E-state index in [2.05, 4.69) is 20.5 Å². The van der Waals surface area contributed by atoms with E-state index in [4.69, 9.17) is 16.3 Å². The average molecular weight is 414 g/mol. The number of rotatable bonds is 6. The van der Waals surface area contributed by atoms with Crippen molar-refractivity contribution in [3.8, 4) is 5.75 Å². The number of amides is 1. The molecule has 1 unspecified atom stereocenters. The van der Waals surface area contributed by atoms with E-state index in [1.54, 1.807) is 25.4 Å². The van der Waals surface area contributed by atoms with Gasteiger partial charge in [-0.3, -0.25) is 9.69 Å². The van der Waals surface area contributed by atoms with Crippen LogP contribution in [0.5, 0.6) is 5.75 Å². The van der Waals surface area contributed by atoms with Crippen molar-refractivity contribution < 1.29 is 9.53 Å². The quantitative estimate of drug-likeness (QED) is 0.754. The van der Waals surface area contributed by atoms with Gasteiger partial charge in [0.25, 0.3) is 0 Å². The molecule has 3 rings (SSSR count). The van der Waals surface area contributed by atoms with Crippen LogP contribution in [0.25, 0.3) is 0 Å². The maximum atomic E-state index is 12.5. The minimum absolute atomic E-state index is 0. The molecule has 27 heavy (non-hydrogen) atoms. The summed E-state index contributed by atoms with van der Waals surface area (Å²) >= 11 is 6.04. The van der Waals surface area contributed by atoms with E-state index in [-0.39, 0.29) is 24.4 Å². The second-order valence-corrected chi connectivity index (χ2v) is 6.76. The highest BCUT2D eigenvalue weighted by molar-refractivity contribution is 6.30. The van der Waals surface area contributed by atoms with E-state index in [9.17, 15) is 4.79 Å². The Morgan fingerprint density at radius 2 is 2.30 bits per heavy atom. The first-order valence-corrected chi connectivity index (χ1v) is 8.97. The summed E-state index contributed by atoms with van der Waals surface area (Å²) in [7, 11) is 3.58. The number of halogens is 2. The molecule has 7 nitrogen and oxygen atoms in total. The Morgan fingerprint density at radius 1 is 1.48 bits per heavy atom. The molecule has 1 aromatic carbocycles. The lowest BCUT2D eigenvalue weighted by atomic mass is 10.1. The third-order valence-corrected chi connectivity index (χ3v) is 4.81. The fourth-order valence-electron chi connectivity index (χ4n) is 3.21. The summed E-state index contributed by atoms with van der Waals surface area (Å²) < 4.78 is 7.32. The van der Waals surface area contributed by atoms with E-state index < -0.39 is 0 Å². The summed E-state index contributed by atoms with van der Waals surface area (Å²) in [5.41, 5.74) is 0.856. The van der Waals surface area contributed by atoms with Crippen molar-refractivity contribution in [1.29, 1.82) is 0 Å². The van der Waals surface area contributed by atoms with E-state index in [1.165, 1.54) is 0 Å². The Balaban J connectivity index is 0.00000261. The highest BCUT2D eigenvalue weighted by Crippen LogP contribution is 2.23. The number of aromatic nitrogens is 2. The van der Waals surface area contributed by atoms with Gasteiger partial charge in [0.2, 0.25) is 5.91 Å². The molecular formula is C18H25Cl2N5O2. The molecule has 1 aromatic heterocycles. The van der Waals surface area contributed by atoms with Gasteiger partial charge in [0.1, 0.15) is 11.6 Å². The topological polar surface area (TPSA) is 71.4 Å². The molecule has 1 fully saturated rings. The van der Waals surface area contributed by atoms with E-state index >= 15 is 0 Å². The van der Waals surface area contributed by atoms with E-state index in [1.807, 2.05) is 23.9 Å². The smallest absolute Gasteiger partial charge is 0.234 e. The second kappa shape index (κ2) is 9.94. The number of aryl methyl sites for hydroxylation is 1. The number of benzene rings is 1. The molecule has 9 heteroatoms. The van der Waals surface area contributed by atoms with E-state index in [0.717, 1.165) is 31.0 Å². The maximum Gasteiger partial charge on any atom is 0.234 e. The third kappa shape index (κ3) is 5.35. The van der Waals surface area contributed by atoms with Gasteiger partial charge in [-0.25, -0.2) is 4.98 Å². The zero-order valence-electron chi connectivity index (χ0n) is 15.4. The number of imidazole rings is 1. The molecule has 1 saturated heterocycles. The van der Waals surface area contributed by atoms with Gasteiger partial charge in [-0.05, 0) is 18.2 Å². The zero-order valence-corrected chi connectivity index (χ0v) is 17.0. The summed E-state index contributed by atoms with van der Waals surface area (Å²) in [6.07, 6.45) is 3.71. The number of carbonyl (C=O) groups excluding carboxylic acids is 1. The van der Waals surface area contributed by atoms with Gasteiger partial charge in [-0.1, -0.05) is 11.6 Å². The number of hydrogen-bond acceptors (Lipinski definition) is 5. The zero-order chi connectivity index (χ0) is 18.5. The van der Waals surface area contributed by atoms with Crippen LogP contribution in [0.4, 0.5) is 0 Å². The van der Waals surface area contributed by atoms with Crippen molar-refractivity contribution in [2.75, 3.05) is 33.3 Å². The monoisotopic (exact) mass is 413 g/mol. The lowest BCUT2D eigenvalue weighted by Crippen LogP contribution is -2.50. The molecule has 2 N–H and O–H groups in total. The molecule has 0 saturated carbocycles. The van der Waals surface area contributed by atoms with Crippen molar-refractivity contribution in [2.45, 2.75) is 12.6 Å². The number of nitrogens with one attached hydrogen (secondary N) is 2. The molecule has 148 valence electrons. The first-order valence-electron chi connectivity index (χ1n) is 8.59. The van der Waals surface area contributed by atoms with Gasteiger partial charge in [0.05, 0.1) is 19.7 Å². The predicted molar refractivity (Wildman–Crippen MR) is 107 cm³/mol. The van der Waals surface area contributed by atoms with Crippen molar-refractivity contribution in [2.24, 2.45) is 7.05 Å². The Hall–Kier alpha value is -1.80. The fourth-order valence-corrected chi connectivity index (χ4v) is 3.40. The van der Waals surface area contributed by atoms with Crippen LogP contribution >= 0.6 is 24.0 Å².